The molecule has 1 aromatic heterocycles. The number of hydrogen-bond donors (Lipinski definition) is 1. The Bertz CT molecular complexity index is 391. The molecule has 0 radical (unpaired) electrons. The van der Waals surface area contributed by atoms with Gasteiger partial charge in [-0.25, -0.2) is 4.98 Å². The number of nitrogens with zero attached hydrogens (tertiary/aromatic N) is 2. The van der Waals surface area contributed by atoms with Crippen LogP contribution in [0.25, 0.3) is 0 Å². The van der Waals surface area contributed by atoms with Crippen LogP contribution in [0, 0.1) is 11.8 Å². The van der Waals surface area contributed by atoms with Crippen molar-refractivity contribution in [3.05, 3.63) is 16.6 Å². The van der Waals surface area contributed by atoms with Crippen LogP contribution in [0.5, 0.6) is 0 Å². The van der Waals surface area contributed by atoms with Crippen LogP contribution < -0.4 is 0 Å². The number of piperidine rings is 1. The number of likely N-dealkylation sites (tertiary alicyclic amines) is 1. The van der Waals surface area contributed by atoms with Crippen molar-refractivity contribution in [2.75, 3.05) is 13.1 Å². The molecule has 0 amide bonds. The molecule has 0 aromatic carbocycles. The molecule has 3 nitrogen and oxygen atoms in total. The molecule has 3 rings (SSSR count). The summed E-state index contributed by atoms with van der Waals surface area (Å²) in [5.41, 5.74) is -0.391. The quantitative estimate of drug-likeness (QED) is 0.913. The van der Waals surface area contributed by atoms with Gasteiger partial charge in [0.1, 0.15) is 5.01 Å². The molecule has 1 saturated heterocycles. The van der Waals surface area contributed by atoms with Crippen LogP contribution in [0.4, 0.5) is 0 Å². The molecule has 1 aliphatic heterocycles. The van der Waals surface area contributed by atoms with Gasteiger partial charge in [-0.3, -0.25) is 4.90 Å². The molecular weight excluding hydrogens is 244 g/mol. The summed E-state index contributed by atoms with van der Waals surface area (Å²) in [4.78, 5) is 6.79. The topological polar surface area (TPSA) is 36.4 Å². The van der Waals surface area contributed by atoms with E-state index < -0.39 is 5.60 Å². The first-order valence-corrected chi connectivity index (χ1v) is 7.89. The fourth-order valence-corrected chi connectivity index (χ4v) is 4.06. The molecule has 1 N–H and O–H groups in total. The van der Waals surface area contributed by atoms with Crippen molar-refractivity contribution in [3.63, 3.8) is 0 Å². The predicted molar refractivity (Wildman–Crippen MR) is 73.5 cm³/mol. The zero-order chi connectivity index (χ0) is 12.6. The maximum atomic E-state index is 10.9. The summed E-state index contributed by atoms with van der Waals surface area (Å²) in [6.07, 6.45) is 6.57. The zero-order valence-corrected chi connectivity index (χ0v) is 11.8. The van der Waals surface area contributed by atoms with E-state index in [0.29, 0.717) is 11.8 Å². The number of hydrogen-bond acceptors (Lipinski definition) is 4. The van der Waals surface area contributed by atoms with Gasteiger partial charge in [0.2, 0.25) is 0 Å². The predicted octanol–water partition coefficient (Wildman–Crippen LogP) is 2.52. The van der Waals surface area contributed by atoms with Gasteiger partial charge >= 0.3 is 0 Å². The number of aliphatic hydroxyl groups is 1. The minimum absolute atomic E-state index is 0.386. The largest absolute Gasteiger partial charge is 0.389 e. The highest BCUT2D eigenvalue weighted by atomic mass is 32.1. The number of aromatic nitrogens is 1. The SMILES string of the molecule is C[C@@H]1CN(Cc2nccs2)CC[C@@]1(O)C1CCC1. The highest BCUT2D eigenvalue weighted by Crippen LogP contribution is 2.44. The van der Waals surface area contributed by atoms with Crippen molar-refractivity contribution in [1.82, 2.24) is 9.88 Å². The summed E-state index contributed by atoms with van der Waals surface area (Å²) in [6, 6.07) is 0. The van der Waals surface area contributed by atoms with Crippen LogP contribution in [0.15, 0.2) is 11.6 Å². The minimum atomic E-state index is -0.391. The van der Waals surface area contributed by atoms with Gasteiger partial charge in [-0.2, -0.15) is 0 Å². The molecule has 0 unspecified atom stereocenters. The molecule has 0 bridgehead atoms. The Labute approximate surface area is 113 Å². The van der Waals surface area contributed by atoms with E-state index in [0.717, 1.165) is 26.1 Å². The Hall–Kier alpha value is -0.450. The van der Waals surface area contributed by atoms with Crippen molar-refractivity contribution in [3.8, 4) is 0 Å². The maximum absolute atomic E-state index is 10.9. The Balaban J connectivity index is 1.60. The maximum Gasteiger partial charge on any atom is 0.107 e. The highest BCUT2D eigenvalue weighted by molar-refractivity contribution is 7.09. The Morgan fingerprint density at radius 2 is 2.39 bits per heavy atom. The monoisotopic (exact) mass is 266 g/mol. The summed E-state index contributed by atoms with van der Waals surface area (Å²) in [7, 11) is 0. The van der Waals surface area contributed by atoms with Crippen LogP contribution in [-0.4, -0.2) is 33.7 Å². The van der Waals surface area contributed by atoms with Gasteiger partial charge in [0.05, 0.1) is 12.1 Å². The van der Waals surface area contributed by atoms with Gasteiger partial charge in [-0.1, -0.05) is 13.3 Å². The number of thiazole rings is 1. The van der Waals surface area contributed by atoms with Crippen LogP contribution >= 0.6 is 11.3 Å². The van der Waals surface area contributed by atoms with Crippen LogP contribution in [0.2, 0.25) is 0 Å². The molecule has 2 fully saturated rings. The molecule has 2 aliphatic rings. The average molecular weight is 266 g/mol. The number of rotatable bonds is 3. The molecule has 2 heterocycles. The third-order valence-corrected chi connectivity index (χ3v) is 5.63. The third kappa shape index (κ3) is 2.22. The fourth-order valence-electron chi connectivity index (χ4n) is 3.40. The van der Waals surface area contributed by atoms with E-state index in [1.807, 2.05) is 11.6 Å². The zero-order valence-electron chi connectivity index (χ0n) is 11.0. The Morgan fingerprint density at radius 3 is 2.94 bits per heavy atom. The van der Waals surface area contributed by atoms with E-state index >= 15 is 0 Å². The first kappa shape index (κ1) is 12.6. The summed E-state index contributed by atoms with van der Waals surface area (Å²) in [5, 5.41) is 14.1. The second-order valence-electron chi connectivity index (χ2n) is 5.93. The van der Waals surface area contributed by atoms with Gasteiger partial charge in [0, 0.05) is 24.7 Å². The summed E-state index contributed by atoms with van der Waals surface area (Å²) < 4.78 is 0. The Kier molecular flexibility index (Phi) is 3.43. The second kappa shape index (κ2) is 4.91. The molecule has 1 aliphatic carbocycles. The lowest BCUT2D eigenvalue weighted by molar-refractivity contribution is -0.128. The first-order valence-electron chi connectivity index (χ1n) is 7.01. The molecular formula is C14H22N2OS. The van der Waals surface area contributed by atoms with E-state index in [1.54, 1.807) is 11.3 Å². The van der Waals surface area contributed by atoms with E-state index in [9.17, 15) is 5.11 Å². The molecule has 2 atom stereocenters. The van der Waals surface area contributed by atoms with Crippen molar-refractivity contribution >= 4 is 11.3 Å². The van der Waals surface area contributed by atoms with Gasteiger partial charge in [-0.15, -0.1) is 11.3 Å². The molecule has 18 heavy (non-hydrogen) atoms. The van der Waals surface area contributed by atoms with Crippen molar-refractivity contribution in [2.45, 2.75) is 44.8 Å². The van der Waals surface area contributed by atoms with E-state index in [1.165, 1.54) is 24.3 Å². The van der Waals surface area contributed by atoms with Crippen LogP contribution in [0.3, 0.4) is 0 Å². The standard InChI is InChI=1S/C14H22N2OS/c1-11-9-16(10-13-15-6-8-18-13)7-5-14(11,17)12-3-2-4-12/h6,8,11-12,17H,2-5,7,9-10H2,1H3/t11-,14+/m1/s1. The van der Waals surface area contributed by atoms with E-state index in [-0.39, 0.29) is 0 Å². The second-order valence-corrected chi connectivity index (χ2v) is 6.91. The lowest BCUT2D eigenvalue weighted by Crippen LogP contribution is -2.56. The van der Waals surface area contributed by atoms with Gasteiger partial charge in [0.25, 0.3) is 0 Å². The summed E-state index contributed by atoms with van der Waals surface area (Å²) in [6.45, 7) is 5.18. The minimum Gasteiger partial charge on any atom is -0.389 e. The van der Waals surface area contributed by atoms with E-state index in [4.69, 9.17) is 0 Å². The summed E-state index contributed by atoms with van der Waals surface area (Å²) >= 11 is 1.72. The molecule has 4 heteroatoms. The lowest BCUT2D eigenvalue weighted by Gasteiger charge is -2.50. The van der Waals surface area contributed by atoms with Gasteiger partial charge < -0.3 is 5.11 Å². The molecule has 0 spiro atoms. The Morgan fingerprint density at radius 1 is 1.56 bits per heavy atom. The van der Waals surface area contributed by atoms with Crippen molar-refractivity contribution in [2.24, 2.45) is 11.8 Å². The normalized spacial score (nSPS) is 34.4. The average Bonchev–Trinajstić information content (AvgIpc) is 2.74. The van der Waals surface area contributed by atoms with Gasteiger partial charge in [-0.05, 0) is 31.1 Å². The fraction of sp³-hybridized carbons (Fsp3) is 0.786. The smallest absolute Gasteiger partial charge is 0.107 e. The third-order valence-electron chi connectivity index (χ3n) is 4.87. The van der Waals surface area contributed by atoms with Crippen molar-refractivity contribution in [1.29, 1.82) is 0 Å². The molecule has 100 valence electrons. The molecule has 1 aromatic rings. The van der Waals surface area contributed by atoms with Crippen LogP contribution in [-0.2, 0) is 6.54 Å². The van der Waals surface area contributed by atoms with E-state index in [2.05, 4.69) is 16.8 Å². The van der Waals surface area contributed by atoms with Gasteiger partial charge in [0.15, 0.2) is 0 Å². The highest BCUT2D eigenvalue weighted by Gasteiger charge is 2.46. The summed E-state index contributed by atoms with van der Waals surface area (Å²) in [5.74, 6) is 0.950. The first-order chi connectivity index (χ1) is 8.68. The lowest BCUT2D eigenvalue weighted by atomic mass is 9.65. The van der Waals surface area contributed by atoms with Crippen molar-refractivity contribution < 1.29 is 5.11 Å². The molecule has 1 saturated carbocycles. The van der Waals surface area contributed by atoms with Crippen LogP contribution in [0.1, 0.15) is 37.6 Å².